The largest absolute Gasteiger partial charge is 0.437 e. The molecule has 178 valence electrons. The molecule has 0 spiro atoms. The molecule has 1 aliphatic heterocycles. The monoisotopic (exact) mass is 546 g/mol. The SMILES string of the molecule is CC(C)(C)Cn1nnc2c(Br)c(Oc3ncc(Cl)cc3CN3CCc4o[nH]c(=O)c4C3)ccc21. The molecule has 1 N–H and O–H groups in total. The zero-order valence-electron chi connectivity index (χ0n) is 19.1. The summed E-state index contributed by atoms with van der Waals surface area (Å²) in [5, 5.41) is 11.6. The predicted octanol–water partition coefficient (Wildman–Crippen LogP) is 4.92. The summed E-state index contributed by atoms with van der Waals surface area (Å²) in [4.78, 5) is 18.6. The fraction of sp³-hybridized carbons (Fsp3) is 0.391. The number of aromatic nitrogens is 5. The number of pyridine rings is 1. The quantitative estimate of drug-likeness (QED) is 0.378. The maximum absolute atomic E-state index is 12.0. The Morgan fingerprint density at radius 1 is 1.32 bits per heavy atom. The number of aromatic amines is 1. The van der Waals surface area contributed by atoms with Crippen LogP contribution in [-0.2, 0) is 26.1 Å². The first-order valence-corrected chi connectivity index (χ1v) is 12.1. The first kappa shape index (κ1) is 23.1. The summed E-state index contributed by atoms with van der Waals surface area (Å²) < 4.78 is 14.1. The Kier molecular flexibility index (Phi) is 5.99. The van der Waals surface area contributed by atoms with Crippen LogP contribution >= 0.6 is 27.5 Å². The Morgan fingerprint density at radius 2 is 2.15 bits per heavy atom. The molecule has 0 saturated heterocycles. The van der Waals surface area contributed by atoms with E-state index in [0.717, 1.165) is 35.4 Å². The minimum Gasteiger partial charge on any atom is -0.437 e. The first-order chi connectivity index (χ1) is 16.2. The van der Waals surface area contributed by atoms with Crippen LogP contribution in [0.4, 0.5) is 0 Å². The molecular formula is C23H24BrClN6O3. The molecule has 5 rings (SSSR count). The van der Waals surface area contributed by atoms with Gasteiger partial charge in [-0.3, -0.25) is 9.69 Å². The van der Waals surface area contributed by atoms with Gasteiger partial charge >= 0.3 is 0 Å². The van der Waals surface area contributed by atoms with Crippen molar-refractivity contribution in [3.05, 3.63) is 61.1 Å². The molecule has 4 heterocycles. The van der Waals surface area contributed by atoms with Crippen molar-refractivity contribution in [1.29, 1.82) is 0 Å². The number of hydrogen-bond donors (Lipinski definition) is 1. The number of nitrogens with zero attached hydrogens (tertiary/aromatic N) is 5. The van der Waals surface area contributed by atoms with Crippen molar-refractivity contribution in [3.8, 4) is 11.6 Å². The molecule has 34 heavy (non-hydrogen) atoms. The summed E-state index contributed by atoms with van der Waals surface area (Å²) in [6.45, 7) is 8.97. The molecule has 11 heteroatoms. The van der Waals surface area contributed by atoms with Gasteiger partial charge in [-0.25, -0.2) is 9.67 Å². The highest BCUT2D eigenvalue weighted by Gasteiger charge is 2.24. The smallest absolute Gasteiger partial charge is 0.284 e. The lowest BCUT2D eigenvalue weighted by Gasteiger charge is -2.25. The number of H-pyrrole nitrogens is 1. The number of nitrogens with one attached hydrogen (secondary N) is 1. The molecule has 0 bridgehead atoms. The van der Waals surface area contributed by atoms with Gasteiger partial charge in [-0.15, -0.1) is 5.10 Å². The second kappa shape index (κ2) is 8.83. The van der Waals surface area contributed by atoms with Gasteiger partial charge in [-0.1, -0.05) is 37.6 Å². The Bertz CT molecular complexity index is 1420. The third-order valence-electron chi connectivity index (χ3n) is 5.62. The van der Waals surface area contributed by atoms with E-state index in [1.807, 2.05) is 22.9 Å². The molecule has 0 radical (unpaired) electrons. The summed E-state index contributed by atoms with van der Waals surface area (Å²) in [5.74, 6) is 1.75. The summed E-state index contributed by atoms with van der Waals surface area (Å²) >= 11 is 9.89. The summed E-state index contributed by atoms with van der Waals surface area (Å²) in [6.07, 6.45) is 2.21. The zero-order chi connectivity index (χ0) is 24.0. The lowest BCUT2D eigenvalue weighted by molar-refractivity contribution is 0.226. The molecule has 0 saturated carbocycles. The van der Waals surface area contributed by atoms with E-state index in [1.165, 1.54) is 0 Å². The number of halogens is 2. The van der Waals surface area contributed by atoms with Gasteiger partial charge in [0.25, 0.3) is 5.56 Å². The van der Waals surface area contributed by atoms with E-state index in [2.05, 4.69) is 62.1 Å². The molecular weight excluding hydrogens is 524 g/mol. The van der Waals surface area contributed by atoms with Crippen LogP contribution in [0.2, 0.25) is 5.02 Å². The van der Waals surface area contributed by atoms with Gasteiger partial charge in [0, 0.05) is 44.4 Å². The molecule has 9 nitrogen and oxygen atoms in total. The highest BCUT2D eigenvalue weighted by molar-refractivity contribution is 9.10. The summed E-state index contributed by atoms with van der Waals surface area (Å²) in [7, 11) is 0. The van der Waals surface area contributed by atoms with Crippen molar-refractivity contribution in [2.24, 2.45) is 5.41 Å². The first-order valence-electron chi connectivity index (χ1n) is 10.9. The van der Waals surface area contributed by atoms with Crippen LogP contribution in [-0.4, -0.2) is 36.6 Å². The average Bonchev–Trinajstić information content (AvgIpc) is 3.34. The van der Waals surface area contributed by atoms with Crippen molar-refractivity contribution >= 4 is 38.6 Å². The molecule has 0 unspecified atom stereocenters. The normalized spacial score (nSPS) is 14.5. The van der Waals surface area contributed by atoms with Crippen LogP contribution in [0.25, 0.3) is 11.0 Å². The molecule has 0 fully saturated rings. The van der Waals surface area contributed by atoms with Crippen LogP contribution < -0.4 is 10.3 Å². The fourth-order valence-electron chi connectivity index (χ4n) is 4.07. The lowest BCUT2D eigenvalue weighted by Crippen LogP contribution is -2.32. The summed E-state index contributed by atoms with van der Waals surface area (Å²) in [5.41, 5.74) is 3.01. The van der Waals surface area contributed by atoms with Gasteiger partial charge in [0.15, 0.2) is 0 Å². The van der Waals surface area contributed by atoms with Gasteiger partial charge in [-0.05, 0) is 39.5 Å². The summed E-state index contributed by atoms with van der Waals surface area (Å²) in [6, 6.07) is 5.67. The highest BCUT2D eigenvalue weighted by atomic mass is 79.9. The van der Waals surface area contributed by atoms with Gasteiger partial charge < -0.3 is 9.26 Å². The van der Waals surface area contributed by atoms with Crippen molar-refractivity contribution in [3.63, 3.8) is 0 Å². The second-order valence-corrected chi connectivity index (χ2v) is 10.9. The maximum atomic E-state index is 12.0. The van der Waals surface area contributed by atoms with Gasteiger partial charge in [-0.2, -0.15) is 5.16 Å². The standard InChI is InChI=1S/C23H24BrClN6O3/c1-23(2,3)12-31-16-4-5-18(19(24)20(16)27-29-31)33-22-13(8-14(25)9-26-22)10-30-7-6-17-15(11-30)21(32)28-34-17/h4-5,8-9H,6-7,10-12H2,1-3H3,(H,28,32). The Hall–Kier alpha value is -2.69. The molecule has 1 aromatic carbocycles. The maximum Gasteiger partial charge on any atom is 0.284 e. The van der Waals surface area contributed by atoms with E-state index in [1.54, 1.807) is 6.20 Å². The van der Waals surface area contributed by atoms with Crippen LogP contribution in [0.15, 0.2) is 38.2 Å². The van der Waals surface area contributed by atoms with E-state index in [4.69, 9.17) is 20.9 Å². The third kappa shape index (κ3) is 4.62. The topological polar surface area (TPSA) is 102 Å². The van der Waals surface area contributed by atoms with E-state index < -0.39 is 0 Å². The molecule has 1 aliphatic rings. The van der Waals surface area contributed by atoms with Crippen molar-refractivity contribution < 1.29 is 9.26 Å². The molecule has 0 aliphatic carbocycles. The highest BCUT2D eigenvalue weighted by Crippen LogP contribution is 2.36. The fourth-order valence-corrected chi connectivity index (χ4v) is 4.74. The zero-order valence-corrected chi connectivity index (χ0v) is 21.4. The van der Waals surface area contributed by atoms with E-state index in [-0.39, 0.29) is 11.0 Å². The second-order valence-electron chi connectivity index (χ2n) is 9.67. The number of ether oxygens (including phenoxy) is 1. The third-order valence-corrected chi connectivity index (χ3v) is 6.59. The lowest BCUT2D eigenvalue weighted by atomic mass is 9.97. The molecule has 3 aromatic heterocycles. The number of hydrogen-bond acceptors (Lipinski definition) is 7. The minimum atomic E-state index is -0.183. The van der Waals surface area contributed by atoms with Gasteiger partial charge in [0.2, 0.25) is 5.88 Å². The Balaban J connectivity index is 1.41. The molecule has 4 aromatic rings. The number of fused-ring (bicyclic) bond motifs is 2. The number of benzene rings is 1. The number of rotatable bonds is 5. The van der Waals surface area contributed by atoms with Crippen LogP contribution in [0.3, 0.4) is 0 Å². The van der Waals surface area contributed by atoms with Crippen LogP contribution in [0.1, 0.15) is 37.7 Å². The van der Waals surface area contributed by atoms with Crippen LogP contribution in [0.5, 0.6) is 11.6 Å². The average molecular weight is 548 g/mol. The Labute approximate surface area is 209 Å². The minimum absolute atomic E-state index is 0.0704. The van der Waals surface area contributed by atoms with E-state index >= 15 is 0 Å². The van der Waals surface area contributed by atoms with Crippen LogP contribution in [0, 0.1) is 5.41 Å². The molecule has 0 atom stereocenters. The van der Waals surface area contributed by atoms with Gasteiger partial charge in [0.1, 0.15) is 17.0 Å². The van der Waals surface area contributed by atoms with Crippen molar-refractivity contribution in [1.82, 2.24) is 30.0 Å². The van der Waals surface area contributed by atoms with E-state index in [0.29, 0.717) is 46.2 Å². The van der Waals surface area contributed by atoms with Gasteiger partial charge in [0.05, 0.1) is 20.6 Å². The van der Waals surface area contributed by atoms with Crippen molar-refractivity contribution in [2.75, 3.05) is 6.54 Å². The van der Waals surface area contributed by atoms with E-state index in [9.17, 15) is 4.79 Å². The predicted molar refractivity (Wildman–Crippen MR) is 131 cm³/mol. The molecule has 0 amide bonds. The van der Waals surface area contributed by atoms with Crippen molar-refractivity contribution in [2.45, 2.75) is 46.8 Å². The Morgan fingerprint density at radius 3 is 2.94 bits per heavy atom.